The number of rotatable bonds is 1. The van der Waals surface area contributed by atoms with Crippen LogP contribution < -0.4 is 5.32 Å². The van der Waals surface area contributed by atoms with Crippen LogP contribution in [-0.4, -0.2) is 37.1 Å². The molecule has 1 aliphatic carbocycles. The van der Waals surface area contributed by atoms with Crippen LogP contribution >= 0.6 is 11.6 Å². The van der Waals surface area contributed by atoms with Gasteiger partial charge in [0.2, 0.25) is 0 Å². The van der Waals surface area contributed by atoms with Gasteiger partial charge >= 0.3 is 0 Å². The standard InChI is InChI=1S/C11H17ClN2/c1-9-2-3-10(12)8-11(9)14-6-4-13-5-7-14/h2-3,11,13H,4-8H2,1H3. The molecule has 0 bridgehead atoms. The fraction of sp³-hybridized carbons (Fsp3) is 0.636. The molecule has 1 aliphatic heterocycles. The second-order valence-electron chi connectivity index (χ2n) is 4.03. The van der Waals surface area contributed by atoms with Crippen molar-refractivity contribution in [2.45, 2.75) is 19.4 Å². The summed E-state index contributed by atoms with van der Waals surface area (Å²) >= 11 is 6.07. The van der Waals surface area contributed by atoms with Gasteiger partial charge in [0.05, 0.1) is 0 Å². The first kappa shape index (κ1) is 10.2. The summed E-state index contributed by atoms with van der Waals surface area (Å²) in [6.45, 7) is 6.68. The van der Waals surface area contributed by atoms with E-state index >= 15 is 0 Å². The average Bonchev–Trinajstić information content (AvgIpc) is 2.23. The Hall–Kier alpha value is -0.310. The molecule has 0 radical (unpaired) electrons. The van der Waals surface area contributed by atoms with Crippen molar-refractivity contribution in [3.63, 3.8) is 0 Å². The zero-order valence-corrected chi connectivity index (χ0v) is 9.35. The number of nitrogens with one attached hydrogen (secondary N) is 1. The SMILES string of the molecule is CC1=CC=C(Cl)CC1N1CCNCC1. The molecule has 2 nitrogen and oxygen atoms in total. The maximum absolute atomic E-state index is 6.07. The molecular weight excluding hydrogens is 196 g/mol. The predicted octanol–water partition coefficient (Wildman–Crippen LogP) is 1.73. The monoisotopic (exact) mass is 212 g/mol. The van der Waals surface area contributed by atoms with Crippen LogP contribution in [0.25, 0.3) is 0 Å². The number of nitrogens with zero attached hydrogens (tertiary/aromatic N) is 1. The molecule has 1 N–H and O–H groups in total. The molecular formula is C11H17ClN2. The van der Waals surface area contributed by atoms with Gasteiger partial charge in [-0.05, 0) is 13.0 Å². The number of piperazine rings is 1. The van der Waals surface area contributed by atoms with Crippen LogP contribution in [0.3, 0.4) is 0 Å². The van der Waals surface area contributed by atoms with Crippen LogP contribution in [0.4, 0.5) is 0 Å². The minimum absolute atomic E-state index is 0.537. The molecule has 1 saturated heterocycles. The number of hydrogen-bond acceptors (Lipinski definition) is 2. The lowest BCUT2D eigenvalue weighted by Crippen LogP contribution is -2.49. The molecule has 2 aliphatic rings. The lowest BCUT2D eigenvalue weighted by Gasteiger charge is -2.36. The average molecular weight is 213 g/mol. The summed E-state index contributed by atoms with van der Waals surface area (Å²) in [5.74, 6) is 0. The van der Waals surface area contributed by atoms with Crippen molar-refractivity contribution in [2.24, 2.45) is 0 Å². The van der Waals surface area contributed by atoms with Gasteiger partial charge in [0.1, 0.15) is 0 Å². The molecule has 14 heavy (non-hydrogen) atoms. The number of hydrogen-bond donors (Lipinski definition) is 1. The normalized spacial score (nSPS) is 29.7. The summed E-state index contributed by atoms with van der Waals surface area (Å²) in [7, 11) is 0. The van der Waals surface area contributed by atoms with Gasteiger partial charge in [0.15, 0.2) is 0 Å². The maximum Gasteiger partial charge on any atom is 0.0358 e. The van der Waals surface area contributed by atoms with Gasteiger partial charge in [-0.25, -0.2) is 0 Å². The third-order valence-electron chi connectivity index (χ3n) is 3.03. The fourth-order valence-electron chi connectivity index (χ4n) is 2.16. The van der Waals surface area contributed by atoms with E-state index in [1.807, 2.05) is 6.08 Å². The molecule has 78 valence electrons. The largest absolute Gasteiger partial charge is 0.314 e. The molecule has 0 spiro atoms. The van der Waals surface area contributed by atoms with Crippen LogP contribution in [0, 0.1) is 0 Å². The van der Waals surface area contributed by atoms with E-state index in [9.17, 15) is 0 Å². The zero-order chi connectivity index (χ0) is 9.97. The van der Waals surface area contributed by atoms with Gasteiger partial charge in [0, 0.05) is 43.7 Å². The molecule has 3 heteroatoms. The molecule has 0 aromatic rings. The third kappa shape index (κ3) is 2.19. The molecule has 1 unspecified atom stereocenters. The van der Waals surface area contributed by atoms with E-state index in [2.05, 4.69) is 23.2 Å². The van der Waals surface area contributed by atoms with Crippen molar-refractivity contribution < 1.29 is 0 Å². The second kappa shape index (κ2) is 4.47. The van der Waals surface area contributed by atoms with Gasteiger partial charge in [-0.2, -0.15) is 0 Å². The van der Waals surface area contributed by atoms with Gasteiger partial charge in [-0.1, -0.05) is 23.3 Å². The molecule has 1 fully saturated rings. The highest BCUT2D eigenvalue weighted by Gasteiger charge is 2.23. The smallest absolute Gasteiger partial charge is 0.0358 e. The summed E-state index contributed by atoms with van der Waals surface area (Å²) in [6.07, 6.45) is 5.16. The Balaban J connectivity index is 2.03. The van der Waals surface area contributed by atoms with E-state index in [1.165, 1.54) is 5.57 Å². The highest BCUT2D eigenvalue weighted by atomic mass is 35.5. The van der Waals surface area contributed by atoms with Crippen molar-refractivity contribution in [3.05, 3.63) is 22.8 Å². The molecule has 0 aromatic carbocycles. The van der Waals surface area contributed by atoms with Crippen LogP contribution in [0.1, 0.15) is 13.3 Å². The summed E-state index contributed by atoms with van der Waals surface area (Å²) in [4.78, 5) is 2.53. The predicted molar refractivity (Wildman–Crippen MR) is 60.5 cm³/mol. The summed E-state index contributed by atoms with van der Waals surface area (Å²) in [5, 5.41) is 4.36. The van der Waals surface area contributed by atoms with E-state index in [4.69, 9.17) is 11.6 Å². The molecule has 2 rings (SSSR count). The summed E-state index contributed by atoms with van der Waals surface area (Å²) in [5.41, 5.74) is 1.44. The molecule has 1 atom stereocenters. The van der Waals surface area contributed by atoms with Crippen molar-refractivity contribution in [3.8, 4) is 0 Å². The number of halogens is 1. The zero-order valence-electron chi connectivity index (χ0n) is 8.59. The molecule has 1 heterocycles. The Bertz CT molecular complexity index is 264. The minimum Gasteiger partial charge on any atom is -0.314 e. The highest BCUT2D eigenvalue weighted by Crippen LogP contribution is 2.25. The lowest BCUT2D eigenvalue weighted by atomic mass is 9.98. The Morgan fingerprint density at radius 3 is 2.79 bits per heavy atom. The second-order valence-corrected chi connectivity index (χ2v) is 4.52. The quantitative estimate of drug-likeness (QED) is 0.713. The van der Waals surface area contributed by atoms with E-state index in [-0.39, 0.29) is 0 Å². The van der Waals surface area contributed by atoms with E-state index in [0.29, 0.717) is 6.04 Å². The summed E-state index contributed by atoms with van der Waals surface area (Å²) < 4.78 is 0. The third-order valence-corrected chi connectivity index (χ3v) is 3.31. The topological polar surface area (TPSA) is 15.3 Å². The first-order chi connectivity index (χ1) is 6.77. The lowest BCUT2D eigenvalue weighted by molar-refractivity contribution is 0.193. The Kier molecular flexibility index (Phi) is 3.26. The van der Waals surface area contributed by atoms with Crippen molar-refractivity contribution in [2.75, 3.05) is 26.2 Å². The molecule has 0 saturated carbocycles. The highest BCUT2D eigenvalue weighted by molar-refractivity contribution is 6.29. The first-order valence-corrected chi connectivity index (χ1v) is 5.63. The van der Waals surface area contributed by atoms with Gasteiger partial charge in [-0.3, -0.25) is 4.90 Å². The molecule has 0 amide bonds. The minimum atomic E-state index is 0.537. The van der Waals surface area contributed by atoms with Crippen molar-refractivity contribution >= 4 is 11.6 Å². The van der Waals surface area contributed by atoms with Crippen molar-refractivity contribution in [1.29, 1.82) is 0 Å². The van der Waals surface area contributed by atoms with E-state index in [1.54, 1.807) is 0 Å². The van der Waals surface area contributed by atoms with Crippen LogP contribution in [0.2, 0.25) is 0 Å². The van der Waals surface area contributed by atoms with E-state index in [0.717, 1.165) is 37.6 Å². The van der Waals surface area contributed by atoms with Crippen LogP contribution in [0.5, 0.6) is 0 Å². The van der Waals surface area contributed by atoms with Crippen molar-refractivity contribution in [1.82, 2.24) is 10.2 Å². The maximum atomic E-state index is 6.07. The van der Waals surface area contributed by atoms with E-state index < -0.39 is 0 Å². The summed E-state index contributed by atoms with van der Waals surface area (Å²) in [6, 6.07) is 0.537. The Morgan fingerprint density at radius 1 is 1.36 bits per heavy atom. The first-order valence-electron chi connectivity index (χ1n) is 5.25. The van der Waals surface area contributed by atoms with Gasteiger partial charge < -0.3 is 5.32 Å². The van der Waals surface area contributed by atoms with Gasteiger partial charge in [-0.15, -0.1) is 0 Å². The molecule has 0 aromatic heterocycles. The van der Waals surface area contributed by atoms with Crippen LogP contribution in [-0.2, 0) is 0 Å². The van der Waals surface area contributed by atoms with Crippen LogP contribution in [0.15, 0.2) is 22.8 Å². The van der Waals surface area contributed by atoms with Gasteiger partial charge in [0.25, 0.3) is 0 Å². The number of allylic oxidation sites excluding steroid dienone is 2. The Morgan fingerprint density at radius 2 is 2.07 bits per heavy atom. The Labute approximate surface area is 90.6 Å². The fourth-order valence-corrected chi connectivity index (χ4v) is 2.37.